The molecule has 2 unspecified atom stereocenters. The van der Waals surface area contributed by atoms with E-state index in [1.54, 1.807) is 14.2 Å². The smallest absolute Gasteiger partial charge is 0.307 e. The van der Waals surface area contributed by atoms with Crippen LogP contribution in [0.25, 0.3) is 0 Å². The quantitative estimate of drug-likeness (QED) is 0.830. The fourth-order valence-electron chi connectivity index (χ4n) is 3.08. The summed E-state index contributed by atoms with van der Waals surface area (Å²) in [6.45, 7) is 4.68. The van der Waals surface area contributed by atoms with Crippen molar-refractivity contribution in [2.45, 2.75) is 32.2 Å². The number of halogens is 1. The zero-order valence-electron chi connectivity index (χ0n) is 13.3. The SMILES string of the molecule is COc1c(Br)cc(C2CC(C(=O)O)CN2)c(C(C)C)c1OC. The highest BCUT2D eigenvalue weighted by atomic mass is 79.9. The van der Waals surface area contributed by atoms with Gasteiger partial charge in [-0.1, -0.05) is 13.8 Å². The molecule has 5 nitrogen and oxygen atoms in total. The minimum absolute atomic E-state index is 0.00889. The highest BCUT2D eigenvalue weighted by molar-refractivity contribution is 9.10. The lowest BCUT2D eigenvalue weighted by Crippen LogP contribution is -2.18. The Morgan fingerprint density at radius 3 is 2.45 bits per heavy atom. The average molecular weight is 372 g/mol. The van der Waals surface area contributed by atoms with Crippen molar-refractivity contribution in [3.63, 3.8) is 0 Å². The maximum Gasteiger partial charge on any atom is 0.307 e. The van der Waals surface area contributed by atoms with Crippen molar-refractivity contribution in [3.8, 4) is 11.5 Å². The van der Waals surface area contributed by atoms with Gasteiger partial charge in [0.2, 0.25) is 0 Å². The van der Waals surface area contributed by atoms with Gasteiger partial charge in [0, 0.05) is 18.2 Å². The Morgan fingerprint density at radius 1 is 1.36 bits per heavy atom. The van der Waals surface area contributed by atoms with E-state index >= 15 is 0 Å². The van der Waals surface area contributed by atoms with Crippen LogP contribution in [0.15, 0.2) is 10.5 Å². The second-order valence-corrected chi connectivity index (χ2v) is 6.67. The van der Waals surface area contributed by atoms with Gasteiger partial charge in [-0.05, 0) is 39.9 Å². The molecule has 2 atom stereocenters. The first kappa shape index (κ1) is 17.1. The van der Waals surface area contributed by atoms with Gasteiger partial charge in [-0.15, -0.1) is 0 Å². The Kier molecular flexibility index (Phi) is 5.34. The molecule has 0 spiro atoms. The number of benzene rings is 1. The summed E-state index contributed by atoms with van der Waals surface area (Å²) >= 11 is 3.52. The number of hydrogen-bond acceptors (Lipinski definition) is 4. The van der Waals surface area contributed by atoms with E-state index in [-0.39, 0.29) is 17.9 Å². The zero-order valence-corrected chi connectivity index (χ0v) is 14.9. The number of ether oxygens (including phenoxy) is 2. The largest absolute Gasteiger partial charge is 0.493 e. The zero-order chi connectivity index (χ0) is 16.4. The molecule has 0 aromatic heterocycles. The van der Waals surface area contributed by atoms with Crippen molar-refractivity contribution in [1.82, 2.24) is 5.32 Å². The van der Waals surface area contributed by atoms with Crippen LogP contribution >= 0.6 is 15.9 Å². The highest BCUT2D eigenvalue weighted by Crippen LogP contribution is 2.46. The summed E-state index contributed by atoms with van der Waals surface area (Å²) in [4.78, 5) is 11.2. The molecule has 2 rings (SSSR count). The summed E-state index contributed by atoms with van der Waals surface area (Å²) in [6.07, 6.45) is 0.580. The molecule has 1 saturated heterocycles. The van der Waals surface area contributed by atoms with E-state index in [0.717, 1.165) is 15.6 Å². The third kappa shape index (κ3) is 3.08. The van der Waals surface area contributed by atoms with Crippen molar-refractivity contribution >= 4 is 21.9 Å². The van der Waals surface area contributed by atoms with E-state index in [2.05, 4.69) is 35.1 Å². The molecule has 1 fully saturated rings. The first-order valence-corrected chi connectivity index (χ1v) is 8.10. The molecule has 2 N–H and O–H groups in total. The van der Waals surface area contributed by atoms with Gasteiger partial charge in [-0.25, -0.2) is 0 Å². The van der Waals surface area contributed by atoms with E-state index < -0.39 is 5.97 Å². The van der Waals surface area contributed by atoms with Gasteiger partial charge in [0.25, 0.3) is 0 Å². The first-order chi connectivity index (χ1) is 10.4. The number of nitrogens with one attached hydrogen (secondary N) is 1. The minimum atomic E-state index is -0.749. The summed E-state index contributed by atoms with van der Waals surface area (Å²) in [5.74, 6) is 0.514. The highest BCUT2D eigenvalue weighted by Gasteiger charge is 2.33. The van der Waals surface area contributed by atoms with Gasteiger partial charge >= 0.3 is 5.97 Å². The Labute approximate surface area is 139 Å². The molecule has 1 aliphatic rings. The topological polar surface area (TPSA) is 67.8 Å². The van der Waals surface area contributed by atoms with Crippen LogP contribution in [0, 0.1) is 5.92 Å². The molecule has 1 aromatic rings. The fraction of sp³-hybridized carbons (Fsp3) is 0.562. The van der Waals surface area contributed by atoms with Gasteiger partial charge in [-0.2, -0.15) is 0 Å². The maximum atomic E-state index is 11.2. The number of carboxylic acid groups (broad SMARTS) is 1. The molecule has 6 heteroatoms. The van der Waals surface area contributed by atoms with Crippen LogP contribution in [0.1, 0.15) is 43.4 Å². The van der Waals surface area contributed by atoms with Crippen LogP contribution in [0.5, 0.6) is 11.5 Å². The van der Waals surface area contributed by atoms with E-state index in [4.69, 9.17) is 9.47 Å². The third-order valence-corrected chi connectivity index (χ3v) is 4.69. The summed E-state index contributed by atoms with van der Waals surface area (Å²) in [7, 11) is 3.24. The van der Waals surface area contributed by atoms with Crippen LogP contribution in [0.4, 0.5) is 0 Å². The number of carboxylic acids is 1. The predicted molar refractivity (Wildman–Crippen MR) is 87.8 cm³/mol. The van der Waals surface area contributed by atoms with Crippen LogP contribution in [-0.2, 0) is 4.79 Å². The maximum absolute atomic E-state index is 11.2. The van der Waals surface area contributed by atoms with Crippen LogP contribution < -0.4 is 14.8 Å². The summed E-state index contributed by atoms with van der Waals surface area (Å²) in [6, 6.07) is 2.02. The van der Waals surface area contributed by atoms with Gasteiger partial charge in [0.05, 0.1) is 24.6 Å². The normalized spacial score (nSPS) is 21.2. The Balaban J connectivity index is 2.51. The number of methoxy groups -OCH3 is 2. The molecular weight excluding hydrogens is 350 g/mol. The monoisotopic (exact) mass is 371 g/mol. The average Bonchev–Trinajstić information content (AvgIpc) is 2.95. The standard InChI is InChI=1S/C16H22BrNO4/c1-8(2)13-10(12-5-9(7-18-12)16(19)20)6-11(17)14(21-3)15(13)22-4/h6,8-9,12,18H,5,7H2,1-4H3,(H,19,20). The fourth-order valence-corrected chi connectivity index (χ4v) is 3.67. The molecule has 1 aromatic carbocycles. The molecule has 0 radical (unpaired) electrons. The molecular formula is C16H22BrNO4. The summed E-state index contributed by atoms with van der Waals surface area (Å²) < 4.78 is 11.8. The molecule has 0 aliphatic carbocycles. The lowest BCUT2D eigenvalue weighted by atomic mass is 9.89. The van der Waals surface area contributed by atoms with E-state index in [1.807, 2.05) is 6.07 Å². The summed E-state index contributed by atoms with van der Waals surface area (Å²) in [5.41, 5.74) is 2.13. The number of carbonyl (C=O) groups is 1. The summed E-state index contributed by atoms with van der Waals surface area (Å²) in [5, 5.41) is 12.5. The van der Waals surface area contributed by atoms with Gasteiger partial charge in [0.15, 0.2) is 11.5 Å². The second kappa shape index (κ2) is 6.87. The predicted octanol–water partition coefficient (Wildman–Crippen LogP) is 3.32. The lowest BCUT2D eigenvalue weighted by Gasteiger charge is -2.24. The van der Waals surface area contributed by atoms with E-state index in [0.29, 0.717) is 24.5 Å². The van der Waals surface area contributed by atoms with Crippen LogP contribution in [0.2, 0.25) is 0 Å². The van der Waals surface area contributed by atoms with Crippen molar-refractivity contribution < 1.29 is 19.4 Å². The van der Waals surface area contributed by atoms with Crippen molar-refractivity contribution in [2.75, 3.05) is 20.8 Å². The molecule has 0 saturated carbocycles. The molecule has 0 amide bonds. The van der Waals surface area contributed by atoms with Crippen molar-refractivity contribution in [3.05, 3.63) is 21.7 Å². The van der Waals surface area contributed by atoms with Crippen LogP contribution in [0.3, 0.4) is 0 Å². The number of aliphatic carboxylic acids is 1. The Bertz CT molecular complexity index is 574. The van der Waals surface area contributed by atoms with E-state index in [1.165, 1.54) is 0 Å². The lowest BCUT2D eigenvalue weighted by molar-refractivity contribution is -0.141. The number of hydrogen-bond donors (Lipinski definition) is 2. The Hall–Kier alpha value is -1.27. The molecule has 1 aliphatic heterocycles. The second-order valence-electron chi connectivity index (χ2n) is 5.81. The molecule has 22 heavy (non-hydrogen) atoms. The third-order valence-electron chi connectivity index (χ3n) is 4.10. The first-order valence-electron chi connectivity index (χ1n) is 7.31. The van der Waals surface area contributed by atoms with Gasteiger partial charge in [-0.3, -0.25) is 4.79 Å². The van der Waals surface area contributed by atoms with Crippen LogP contribution in [-0.4, -0.2) is 31.8 Å². The molecule has 1 heterocycles. The minimum Gasteiger partial charge on any atom is -0.493 e. The Morgan fingerprint density at radius 2 is 2.00 bits per heavy atom. The van der Waals surface area contributed by atoms with Gasteiger partial charge < -0.3 is 19.9 Å². The molecule has 122 valence electrons. The van der Waals surface area contributed by atoms with Crippen molar-refractivity contribution in [1.29, 1.82) is 0 Å². The number of rotatable bonds is 5. The molecule has 0 bridgehead atoms. The van der Waals surface area contributed by atoms with E-state index in [9.17, 15) is 9.90 Å². The van der Waals surface area contributed by atoms with Gasteiger partial charge in [0.1, 0.15) is 0 Å². The van der Waals surface area contributed by atoms with Crippen molar-refractivity contribution in [2.24, 2.45) is 5.92 Å².